The van der Waals surface area contributed by atoms with Gasteiger partial charge in [0.15, 0.2) is 0 Å². The molecule has 166 valence electrons. The first-order valence-electron chi connectivity index (χ1n) is 10.2. The number of carbonyl (C=O) groups is 1. The van der Waals surface area contributed by atoms with Crippen LogP contribution in [0.4, 0.5) is 13.2 Å². The molecule has 2 N–H and O–H groups in total. The molecule has 2 fully saturated rings. The average Bonchev–Trinajstić information content (AvgIpc) is 3.45. The summed E-state index contributed by atoms with van der Waals surface area (Å²) in [6.07, 6.45) is -3.50. The Balaban J connectivity index is 1.43. The molecular weight excluding hydrogens is 431 g/mol. The fraction of sp³-hybridized carbons (Fsp3) is 0.435. The van der Waals surface area contributed by atoms with Crippen LogP contribution < -0.4 is 0 Å². The number of likely N-dealkylation sites (tertiary alicyclic amines) is 1. The molecule has 2 aromatic rings. The van der Waals surface area contributed by atoms with Crippen molar-refractivity contribution in [3.8, 4) is 0 Å². The van der Waals surface area contributed by atoms with Gasteiger partial charge in [-0.15, -0.1) is 0 Å². The molecule has 31 heavy (non-hydrogen) atoms. The topological polar surface area (TPSA) is 60.8 Å². The molecule has 2 atom stereocenters. The second kappa shape index (κ2) is 7.80. The van der Waals surface area contributed by atoms with Gasteiger partial charge < -0.3 is 15.1 Å². The number of halogens is 4. The summed E-state index contributed by atoms with van der Waals surface area (Å²) in [5.41, 5.74) is -2.20. The second-order valence-corrected chi connectivity index (χ2v) is 8.98. The van der Waals surface area contributed by atoms with Crippen LogP contribution in [0.15, 0.2) is 48.5 Å². The summed E-state index contributed by atoms with van der Waals surface area (Å²) in [6, 6.07) is 12.7. The van der Waals surface area contributed by atoms with Gasteiger partial charge in [-0.1, -0.05) is 48.0 Å². The van der Waals surface area contributed by atoms with E-state index in [2.05, 4.69) is 4.90 Å². The molecule has 1 aliphatic heterocycles. The highest BCUT2D eigenvalue weighted by atomic mass is 35.5. The lowest BCUT2D eigenvalue weighted by Gasteiger charge is -2.39. The number of carboxylic acid groups (broad SMARTS) is 1. The number of hydrogen-bond acceptors (Lipinski definition) is 3. The smallest absolute Gasteiger partial charge is 0.417 e. The van der Waals surface area contributed by atoms with Crippen molar-refractivity contribution in [2.75, 3.05) is 19.6 Å². The molecule has 1 saturated heterocycles. The first kappa shape index (κ1) is 22.1. The molecule has 2 aromatic carbocycles. The van der Waals surface area contributed by atoms with Crippen LogP contribution in [0, 0.1) is 5.92 Å². The molecule has 0 spiro atoms. The first-order chi connectivity index (χ1) is 14.6. The zero-order chi connectivity index (χ0) is 22.4. The van der Waals surface area contributed by atoms with Crippen LogP contribution in [0.25, 0.3) is 0 Å². The number of aliphatic hydroxyl groups is 1. The van der Waals surface area contributed by atoms with Gasteiger partial charge in [0.05, 0.1) is 21.6 Å². The summed E-state index contributed by atoms with van der Waals surface area (Å²) in [6.45, 7) is 1.52. The molecular formula is C23H23ClF3NO3. The fourth-order valence-corrected chi connectivity index (χ4v) is 4.99. The predicted molar refractivity (Wildman–Crippen MR) is 110 cm³/mol. The molecule has 0 amide bonds. The SMILES string of the molecule is O=C(O)[C@@]1(c2ccccc2)C[C@H]1CN1CCC(O)(c2ccc(Cl)c(C(F)(F)F)c2)CC1. The summed E-state index contributed by atoms with van der Waals surface area (Å²) in [4.78, 5) is 14.1. The second-order valence-electron chi connectivity index (χ2n) is 8.57. The molecule has 2 aliphatic rings. The van der Waals surface area contributed by atoms with Crippen molar-refractivity contribution in [1.82, 2.24) is 4.90 Å². The van der Waals surface area contributed by atoms with E-state index < -0.39 is 33.7 Å². The average molecular weight is 454 g/mol. The van der Waals surface area contributed by atoms with E-state index in [0.29, 0.717) is 26.1 Å². The zero-order valence-corrected chi connectivity index (χ0v) is 17.5. The van der Waals surface area contributed by atoms with Crippen molar-refractivity contribution in [1.29, 1.82) is 0 Å². The van der Waals surface area contributed by atoms with Crippen LogP contribution in [-0.2, 0) is 22.0 Å². The van der Waals surface area contributed by atoms with Gasteiger partial charge in [0.2, 0.25) is 0 Å². The normalized spacial score (nSPS) is 25.9. The maximum atomic E-state index is 13.2. The van der Waals surface area contributed by atoms with Gasteiger partial charge in [0.25, 0.3) is 0 Å². The lowest BCUT2D eigenvalue weighted by Crippen LogP contribution is -2.44. The van der Waals surface area contributed by atoms with Gasteiger partial charge in [-0.2, -0.15) is 13.2 Å². The van der Waals surface area contributed by atoms with Crippen LogP contribution in [0.2, 0.25) is 5.02 Å². The molecule has 0 bridgehead atoms. The van der Waals surface area contributed by atoms with Crippen molar-refractivity contribution < 1.29 is 28.2 Å². The predicted octanol–water partition coefficient (Wildman–Crippen LogP) is 4.68. The summed E-state index contributed by atoms with van der Waals surface area (Å²) in [7, 11) is 0. The van der Waals surface area contributed by atoms with E-state index in [1.165, 1.54) is 12.1 Å². The van der Waals surface area contributed by atoms with Crippen LogP contribution in [0.3, 0.4) is 0 Å². The van der Waals surface area contributed by atoms with Crippen molar-refractivity contribution in [3.63, 3.8) is 0 Å². The third-order valence-corrected chi connectivity index (χ3v) is 7.08. The Bertz CT molecular complexity index is 974. The number of alkyl halides is 3. The van der Waals surface area contributed by atoms with Crippen molar-refractivity contribution in [2.45, 2.75) is 36.5 Å². The summed E-state index contributed by atoms with van der Waals surface area (Å²) in [5, 5.41) is 20.5. The zero-order valence-electron chi connectivity index (χ0n) is 16.7. The maximum Gasteiger partial charge on any atom is 0.417 e. The monoisotopic (exact) mass is 453 g/mol. The molecule has 4 nitrogen and oxygen atoms in total. The van der Waals surface area contributed by atoms with E-state index in [1.54, 1.807) is 0 Å². The van der Waals surface area contributed by atoms with E-state index in [-0.39, 0.29) is 24.3 Å². The van der Waals surface area contributed by atoms with E-state index in [1.807, 2.05) is 30.3 Å². The maximum absolute atomic E-state index is 13.2. The number of aliphatic carboxylic acids is 1. The number of piperidine rings is 1. The van der Waals surface area contributed by atoms with Crippen LogP contribution in [-0.4, -0.2) is 40.7 Å². The third-order valence-electron chi connectivity index (χ3n) is 6.75. The Morgan fingerprint density at radius 3 is 2.32 bits per heavy atom. The highest BCUT2D eigenvalue weighted by Gasteiger charge is 2.61. The van der Waals surface area contributed by atoms with E-state index in [9.17, 15) is 28.2 Å². The van der Waals surface area contributed by atoms with Gasteiger partial charge in [-0.3, -0.25) is 4.79 Å². The van der Waals surface area contributed by atoms with Gasteiger partial charge in [0.1, 0.15) is 0 Å². The molecule has 1 aliphatic carbocycles. The van der Waals surface area contributed by atoms with E-state index in [0.717, 1.165) is 11.6 Å². The van der Waals surface area contributed by atoms with Crippen molar-refractivity contribution in [2.24, 2.45) is 5.92 Å². The quantitative estimate of drug-likeness (QED) is 0.690. The van der Waals surface area contributed by atoms with Crippen molar-refractivity contribution >= 4 is 17.6 Å². The highest BCUT2D eigenvalue weighted by molar-refractivity contribution is 6.31. The van der Waals surface area contributed by atoms with E-state index in [4.69, 9.17) is 11.6 Å². The Morgan fingerprint density at radius 1 is 1.10 bits per heavy atom. The number of rotatable bonds is 5. The van der Waals surface area contributed by atoms with Gasteiger partial charge in [0, 0.05) is 19.6 Å². The summed E-state index contributed by atoms with van der Waals surface area (Å²) >= 11 is 5.70. The number of carboxylic acids is 1. The standard InChI is InChI=1S/C23H23ClF3NO3/c24-19-7-6-16(12-18(19)23(25,26)27)21(31)8-10-28(11-9-21)14-17-13-22(17,20(29)30)15-4-2-1-3-5-15/h1-7,12,17,31H,8-11,13-14H2,(H,29,30)/t17-,22+/m0/s1. The van der Waals surface area contributed by atoms with Gasteiger partial charge >= 0.3 is 12.1 Å². The minimum atomic E-state index is -4.59. The number of hydrogen-bond donors (Lipinski definition) is 2. The Kier molecular flexibility index (Phi) is 5.56. The first-order valence-corrected chi connectivity index (χ1v) is 10.5. The number of nitrogens with zero attached hydrogens (tertiary/aromatic N) is 1. The van der Waals surface area contributed by atoms with Crippen LogP contribution in [0.5, 0.6) is 0 Å². The fourth-order valence-electron chi connectivity index (χ4n) is 4.76. The van der Waals surface area contributed by atoms with Crippen LogP contribution in [0.1, 0.15) is 36.0 Å². The lowest BCUT2D eigenvalue weighted by atomic mass is 9.83. The largest absolute Gasteiger partial charge is 0.481 e. The summed E-state index contributed by atoms with van der Waals surface area (Å²) in [5.74, 6) is -0.871. The third kappa shape index (κ3) is 4.06. The minimum Gasteiger partial charge on any atom is -0.481 e. The molecule has 0 unspecified atom stereocenters. The molecule has 1 saturated carbocycles. The number of benzene rings is 2. The molecule has 1 heterocycles. The minimum absolute atomic E-state index is 0.0362. The van der Waals surface area contributed by atoms with Gasteiger partial charge in [-0.05, 0) is 48.4 Å². The highest BCUT2D eigenvalue weighted by Crippen LogP contribution is 2.55. The summed E-state index contributed by atoms with van der Waals surface area (Å²) < 4.78 is 39.6. The Labute approximate surface area is 183 Å². The molecule has 0 aromatic heterocycles. The van der Waals surface area contributed by atoms with Gasteiger partial charge in [-0.25, -0.2) is 0 Å². The lowest BCUT2D eigenvalue weighted by molar-refractivity contribution is -0.141. The Morgan fingerprint density at radius 2 is 1.74 bits per heavy atom. The molecule has 8 heteroatoms. The Hall–Kier alpha value is -2.09. The van der Waals surface area contributed by atoms with E-state index >= 15 is 0 Å². The van der Waals surface area contributed by atoms with Crippen LogP contribution >= 0.6 is 11.6 Å². The molecule has 0 radical (unpaired) electrons. The molecule has 4 rings (SSSR count). The van der Waals surface area contributed by atoms with Crippen molar-refractivity contribution in [3.05, 3.63) is 70.2 Å².